The van der Waals surface area contributed by atoms with Crippen LogP contribution >= 0.6 is 0 Å². The van der Waals surface area contributed by atoms with Gasteiger partial charge in [-0.25, -0.2) is 9.98 Å². The number of fused-ring (bicyclic) bond motifs is 6. The highest BCUT2D eigenvalue weighted by molar-refractivity contribution is 6.23. The number of rotatable bonds is 6. The SMILES string of the molecule is c1ccc(-c2cccc(C3=NC(c4cccc5c4c4ccccc4n5-c4ccc5oc6ccccc6c5c4)=NC(c4cccc(-c5ccccc5)c4)N3)c2)cc1. The van der Waals surface area contributed by atoms with Crippen molar-refractivity contribution >= 4 is 55.4 Å². The molecule has 2 aromatic heterocycles. The maximum absolute atomic E-state index is 6.21. The minimum absolute atomic E-state index is 0.373. The lowest BCUT2D eigenvalue weighted by atomic mass is 10.00. The minimum Gasteiger partial charge on any atom is -0.456 e. The fourth-order valence-corrected chi connectivity index (χ4v) is 8.22. The standard InChI is InChI=1S/C51H34N4O/c1-3-14-33(15-4-1)35-18-11-20-37(30-35)49-52-50(38-21-12-19-36(31-38)34-16-5-2-6-17-34)54-51(53-49)42-24-13-26-45-48(42)41-23-7-9-25-44(41)55(45)39-28-29-47-43(32-39)40-22-8-10-27-46(40)56-47/h1-32,49H,(H,52,53,54). The van der Waals surface area contributed by atoms with Crippen LogP contribution in [0.25, 0.3) is 71.7 Å². The molecule has 0 amide bonds. The molecule has 0 aliphatic carbocycles. The van der Waals surface area contributed by atoms with Gasteiger partial charge in [0.25, 0.3) is 0 Å². The summed E-state index contributed by atoms with van der Waals surface area (Å²) in [5.74, 6) is 1.46. The van der Waals surface area contributed by atoms with Crippen LogP contribution in [-0.4, -0.2) is 16.2 Å². The molecular formula is C51H34N4O. The van der Waals surface area contributed by atoms with E-state index in [1.54, 1.807) is 0 Å². The Morgan fingerprint density at radius 1 is 0.464 bits per heavy atom. The monoisotopic (exact) mass is 718 g/mol. The molecule has 56 heavy (non-hydrogen) atoms. The molecular weight excluding hydrogens is 685 g/mol. The first-order valence-corrected chi connectivity index (χ1v) is 18.9. The van der Waals surface area contributed by atoms with E-state index < -0.39 is 0 Å². The number of furan rings is 1. The van der Waals surface area contributed by atoms with Crippen LogP contribution < -0.4 is 5.32 Å². The van der Waals surface area contributed by atoms with E-state index in [1.807, 2.05) is 24.3 Å². The Balaban J connectivity index is 1.11. The summed E-state index contributed by atoms with van der Waals surface area (Å²) in [5, 5.41) is 8.19. The summed E-state index contributed by atoms with van der Waals surface area (Å²) in [6.45, 7) is 0. The summed E-state index contributed by atoms with van der Waals surface area (Å²) in [5.41, 5.74) is 12.7. The molecule has 3 heterocycles. The van der Waals surface area contributed by atoms with Crippen molar-refractivity contribution in [2.45, 2.75) is 6.17 Å². The number of hydrogen-bond donors (Lipinski definition) is 1. The third-order valence-corrected chi connectivity index (χ3v) is 10.9. The van der Waals surface area contributed by atoms with Crippen LogP contribution in [0.3, 0.4) is 0 Å². The number of nitrogens with one attached hydrogen (secondary N) is 1. The molecule has 1 unspecified atom stereocenters. The smallest absolute Gasteiger partial charge is 0.160 e. The Bertz CT molecular complexity index is 3170. The van der Waals surface area contributed by atoms with E-state index in [-0.39, 0.29) is 6.17 Å². The van der Waals surface area contributed by atoms with Crippen molar-refractivity contribution in [1.29, 1.82) is 0 Å². The first kappa shape index (κ1) is 32.0. The van der Waals surface area contributed by atoms with Gasteiger partial charge in [-0.3, -0.25) is 0 Å². The molecule has 0 saturated carbocycles. The minimum atomic E-state index is -0.373. The van der Waals surface area contributed by atoms with E-state index in [0.29, 0.717) is 5.84 Å². The van der Waals surface area contributed by atoms with Crippen molar-refractivity contribution < 1.29 is 4.42 Å². The third kappa shape index (κ3) is 5.40. The Labute approximate surface area is 323 Å². The molecule has 11 rings (SSSR count). The second kappa shape index (κ2) is 13.1. The zero-order valence-corrected chi connectivity index (χ0v) is 30.3. The number of aliphatic imine (C=N–C) groups is 2. The Morgan fingerprint density at radius 2 is 1.09 bits per heavy atom. The van der Waals surface area contributed by atoms with Crippen molar-refractivity contribution in [3.8, 4) is 27.9 Å². The van der Waals surface area contributed by atoms with Gasteiger partial charge in [-0.2, -0.15) is 0 Å². The number of para-hydroxylation sites is 2. The van der Waals surface area contributed by atoms with Crippen LogP contribution in [0.4, 0.5) is 0 Å². The third-order valence-electron chi connectivity index (χ3n) is 10.9. The Kier molecular flexibility index (Phi) is 7.49. The average molecular weight is 719 g/mol. The van der Waals surface area contributed by atoms with Gasteiger partial charge in [-0.05, 0) is 76.3 Å². The summed E-state index contributed by atoms with van der Waals surface area (Å²) in [6.07, 6.45) is -0.373. The van der Waals surface area contributed by atoms with Crippen molar-refractivity contribution in [3.63, 3.8) is 0 Å². The maximum Gasteiger partial charge on any atom is 0.160 e. The molecule has 1 N–H and O–H groups in total. The zero-order valence-electron chi connectivity index (χ0n) is 30.3. The highest BCUT2D eigenvalue weighted by Crippen LogP contribution is 2.38. The lowest BCUT2D eigenvalue weighted by Gasteiger charge is -2.24. The topological polar surface area (TPSA) is 54.8 Å². The zero-order chi connectivity index (χ0) is 37.0. The molecule has 1 atom stereocenters. The van der Waals surface area contributed by atoms with E-state index in [4.69, 9.17) is 14.4 Å². The molecule has 0 fully saturated rings. The van der Waals surface area contributed by atoms with Gasteiger partial charge < -0.3 is 14.3 Å². The summed E-state index contributed by atoms with van der Waals surface area (Å²) in [6, 6.07) is 68.1. The second-order valence-electron chi connectivity index (χ2n) is 14.2. The molecule has 0 spiro atoms. The molecule has 5 nitrogen and oxygen atoms in total. The molecule has 1 aliphatic rings. The normalized spacial score (nSPS) is 14.2. The van der Waals surface area contributed by atoms with Gasteiger partial charge in [0.1, 0.15) is 23.2 Å². The fraction of sp³-hybridized carbons (Fsp3) is 0.0196. The quantitative estimate of drug-likeness (QED) is 0.186. The van der Waals surface area contributed by atoms with E-state index in [9.17, 15) is 0 Å². The van der Waals surface area contributed by atoms with E-state index in [1.165, 1.54) is 0 Å². The number of nitrogens with zero attached hydrogens (tertiary/aromatic N) is 3. The van der Waals surface area contributed by atoms with Crippen molar-refractivity contribution in [1.82, 2.24) is 9.88 Å². The molecule has 0 saturated heterocycles. The highest BCUT2D eigenvalue weighted by atomic mass is 16.3. The van der Waals surface area contributed by atoms with Gasteiger partial charge >= 0.3 is 0 Å². The van der Waals surface area contributed by atoms with E-state index in [2.05, 4.69) is 180 Å². The van der Waals surface area contributed by atoms with Gasteiger partial charge in [-0.1, -0.05) is 146 Å². The fourth-order valence-electron chi connectivity index (χ4n) is 8.22. The summed E-state index contributed by atoms with van der Waals surface area (Å²) >= 11 is 0. The lowest BCUT2D eigenvalue weighted by molar-refractivity contribution is 0.669. The van der Waals surface area contributed by atoms with Crippen molar-refractivity contribution in [3.05, 3.63) is 211 Å². The number of hydrogen-bond acceptors (Lipinski definition) is 4. The summed E-state index contributed by atoms with van der Waals surface area (Å²) in [7, 11) is 0. The van der Waals surface area contributed by atoms with Gasteiger partial charge in [-0.15, -0.1) is 0 Å². The van der Waals surface area contributed by atoms with Crippen LogP contribution in [-0.2, 0) is 0 Å². The number of benzene rings is 8. The lowest BCUT2D eigenvalue weighted by Crippen LogP contribution is -2.33. The maximum atomic E-state index is 6.21. The van der Waals surface area contributed by atoms with E-state index in [0.717, 1.165) is 94.2 Å². The van der Waals surface area contributed by atoms with Gasteiger partial charge in [0, 0.05) is 38.4 Å². The number of aromatic nitrogens is 1. The summed E-state index contributed by atoms with van der Waals surface area (Å²) < 4.78 is 8.56. The Hall–Kier alpha value is -7.50. The van der Waals surface area contributed by atoms with Gasteiger partial charge in [0.15, 0.2) is 5.84 Å². The number of amidine groups is 2. The van der Waals surface area contributed by atoms with Crippen LogP contribution in [0.5, 0.6) is 0 Å². The van der Waals surface area contributed by atoms with Gasteiger partial charge in [0.05, 0.1) is 11.0 Å². The predicted octanol–water partition coefficient (Wildman–Crippen LogP) is 12.5. The first-order valence-electron chi connectivity index (χ1n) is 18.9. The predicted molar refractivity (Wildman–Crippen MR) is 231 cm³/mol. The molecule has 10 aromatic rings. The van der Waals surface area contributed by atoms with Crippen molar-refractivity contribution in [2.24, 2.45) is 9.98 Å². The second-order valence-corrected chi connectivity index (χ2v) is 14.2. The van der Waals surface area contributed by atoms with Gasteiger partial charge in [0.2, 0.25) is 0 Å². The largest absolute Gasteiger partial charge is 0.456 e. The van der Waals surface area contributed by atoms with Crippen molar-refractivity contribution in [2.75, 3.05) is 0 Å². The first-order chi connectivity index (χ1) is 27.7. The van der Waals surface area contributed by atoms with Crippen LogP contribution in [0.15, 0.2) is 209 Å². The Morgan fingerprint density at radius 3 is 1.91 bits per heavy atom. The molecule has 1 aliphatic heterocycles. The summed E-state index contributed by atoms with van der Waals surface area (Å²) in [4.78, 5) is 10.8. The highest BCUT2D eigenvalue weighted by Gasteiger charge is 2.25. The molecule has 264 valence electrons. The average Bonchev–Trinajstić information content (AvgIpc) is 3.82. The van der Waals surface area contributed by atoms with Crippen LogP contribution in [0.2, 0.25) is 0 Å². The molecule has 5 heteroatoms. The molecule has 8 aromatic carbocycles. The van der Waals surface area contributed by atoms with Crippen LogP contribution in [0, 0.1) is 0 Å². The molecule has 0 radical (unpaired) electrons. The van der Waals surface area contributed by atoms with Crippen LogP contribution in [0.1, 0.15) is 22.9 Å². The van der Waals surface area contributed by atoms with E-state index >= 15 is 0 Å². The molecule has 0 bridgehead atoms.